The molecule has 0 bridgehead atoms. The molecule has 3 rings (SSSR count). The minimum Gasteiger partial charge on any atom is -0.350 e. The Morgan fingerprint density at radius 1 is 1.17 bits per heavy atom. The number of carbonyl (C=O) groups is 2. The van der Waals surface area contributed by atoms with Gasteiger partial charge in [-0.3, -0.25) is 9.59 Å². The lowest BCUT2D eigenvalue weighted by atomic mass is 10.1. The van der Waals surface area contributed by atoms with E-state index < -0.39 is 0 Å². The first kappa shape index (κ1) is 15.7. The normalized spacial score (nSPS) is 17.0. The van der Waals surface area contributed by atoms with Crippen LogP contribution in [-0.4, -0.2) is 30.9 Å². The highest BCUT2D eigenvalue weighted by Crippen LogP contribution is 2.18. The summed E-state index contributed by atoms with van der Waals surface area (Å²) in [5, 5.41) is 11.0. The van der Waals surface area contributed by atoms with Crippen molar-refractivity contribution in [1.29, 1.82) is 0 Å². The largest absolute Gasteiger partial charge is 0.350 e. The summed E-state index contributed by atoms with van der Waals surface area (Å²) in [5.74, 6) is -0.363. The second kappa shape index (κ2) is 7.39. The van der Waals surface area contributed by atoms with E-state index in [1.807, 2.05) is 11.4 Å². The Morgan fingerprint density at radius 2 is 2.04 bits per heavy atom. The van der Waals surface area contributed by atoms with Gasteiger partial charge in [-0.1, -0.05) is 18.2 Å². The van der Waals surface area contributed by atoms with Gasteiger partial charge in [-0.15, -0.1) is 11.3 Å². The van der Waals surface area contributed by atoms with E-state index in [4.69, 9.17) is 0 Å². The van der Waals surface area contributed by atoms with Gasteiger partial charge in [0.1, 0.15) is 0 Å². The van der Waals surface area contributed by atoms with Crippen molar-refractivity contribution in [3.05, 3.63) is 52.2 Å². The fraction of sp³-hybridized carbons (Fsp3) is 0.294. The molecule has 1 aromatic heterocycles. The summed E-state index contributed by atoms with van der Waals surface area (Å²) in [7, 11) is 0. The highest BCUT2D eigenvalue weighted by Gasteiger charge is 2.17. The highest BCUT2D eigenvalue weighted by atomic mass is 32.1. The van der Waals surface area contributed by atoms with Crippen LogP contribution in [0, 0.1) is 0 Å². The molecule has 0 spiro atoms. The Labute approximate surface area is 139 Å². The number of benzene rings is 1. The third kappa shape index (κ3) is 3.97. The molecule has 1 aliphatic heterocycles. The zero-order valence-electron chi connectivity index (χ0n) is 12.7. The van der Waals surface area contributed by atoms with Crippen molar-refractivity contribution in [2.45, 2.75) is 18.9 Å². The zero-order chi connectivity index (χ0) is 16.1. The molecule has 0 radical (unpaired) electrons. The van der Waals surface area contributed by atoms with Crippen molar-refractivity contribution >= 4 is 28.8 Å². The van der Waals surface area contributed by atoms with E-state index in [1.54, 1.807) is 30.3 Å². The molecule has 1 unspecified atom stereocenters. The number of hydrogen-bond donors (Lipinski definition) is 3. The summed E-state index contributed by atoms with van der Waals surface area (Å²) in [6.45, 7) is 1.61. The maximum atomic E-state index is 12.4. The van der Waals surface area contributed by atoms with Crippen molar-refractivity contribution < 1.29 is 9.59 Å². The molecule has 3 N–H and O–H groups in total. The number of para-hydroxylation sites is 1. The second-order valence-electron chi connectivity index (χ2n) is 5.48. The van der Waals surface area contributed by atoms with Crippen LogP contribution >= 0.6 is 11.3 Å². The van der Waals surface area contributed by atoms with Gasteiger partial charge in [0.05, 0.1) is 16.1 Å². The summed E-state index contributed by atoms with van der Waals surface area (Å²) < 4.78 is 0. The minimum atomic E-state index is -0.197. The van der Waals surface area contributed by atoms with Crippen molar-refractivity contribution in [2.75, 3.05) is 18.4 Å². The number of rotatable bonds is 5. The average molecular weight is 329 g/mol. The van der Waals surface area contributed by atoms with E-state index in [0.29, 0.717) is 28.7 Å². The molecule has 1 aromatic carbocycles. The molecule has 5 nitrogen and oxygen atoms in total. The zero-order valence-corrected chi connectivity index (χ0v) is 13.5. The first-order valence-electron chi connectivity index (χ1n) is 7.69. The molecule has 0 saturated carbocycles. The lowest BCUT2D eigenvalue weighted by molar-refractivity contribution is 0.0951. The molecule has 0 aliphatic carbocycles. The summed E-state index contributed by atoms with van der Waals surface area (Å²) in [4.78, 5) is 25.2. The first-order chi connectivity index (χ1) is 11.2. The van der Waals surface area contributed by atoms with Gasteiger partial charge in [-0.2, -0.15) is 0 Å². The third-order valence-corrected chi connectivity index (χ3v) is 4.70. The molecule has 6 heteroatoms. The topological polar surface area (TPSA) is 70.2 Å². The smallest absolute Gasteiger partial charge is 0.265 e. The Balaban J connectivity index is 1.67. The standard InChI is InChI=1S/C17H19N3O2S/c21-16(19-11-12-5-3-9-18-12)13-6-1-2-7-14(13)20-17(22)15-8-4-10-23-15/h1-2,4,6-8,10,12,18H,3,5,9,11H2,(H,19,21)(H,20,22). The molecule has 1 saturated heterocycles. The first-order valence-corrected chi connectivity index (χ1v) is 8.57. The molecule has 2 heterocycles. The highest BCUT2D eigenvalue weighted by molar-refractivity contribution is 7.12. The molecular weight excluding hydrogens is 310 g/mol. The third-order valence-electron chi connectivity index (χ3n) is 3.84. The van der Waals surface area contributed by atoms with Crippen molar-refractivity contribution in [1.82, 2.24) is 10.6 Å². The maximum Gasteiger partial charge on any atom is 0.265 e. The number of thiophene rings is 1. The van der Waals surface area contributed by atoms with Crippen LogP contribution < -0.4 is 16.0 Å². The lowest BCUT2D eigenvalue weighted by Gasteiger charge is -2.14. The average Bonchev–Trinajstić information content (AvgIpc) is 3.26. The van der Waals surface area contributed by atoms with E-state index in [2.05, 4.69) is 16.0 Å². The summed E-state index contributed by atoms with van der Waals surface area (Å²) in [6.07, 6.45) is 2.23. The van der Waals surface area contributed by atoms with Crippen molar-refractivity contribution in [3.63, 3.8) is 0 Å². The van der Waals surface area contributed by atoms with Crippen LogP contribution in [0.5, 0.6) is 0 Å². The summed E-state index contributed by atoms with van der Waals surface area (Å²) >= 11 is 1.37. The quantitative estimate of drug-likeness (QED) is 0.789. The molecule has 2 amide bonds. The van der Waals surface area contributed by atoms with Crippen molar-refractivity contribution in [3.8, 4) is 0 Å². The van der Waals surface area contributed by atoms with Gasteiger partial charge in [-0.05, 0) is 43.0 Å². The fourth-order valence-electron chi connectivity index (χ4n) is 2.62. The van der Waals surface area contributed by atoms with Gasteiger partial charge < -0.3 is 16.0 Å². The van der Waals surface area contributed by atoms with Gasteiger partial charge in [0.15, 0.2) is 0 Å². The Morgan fingerprint density at radius 3 is 2.78 bits per heavy atom. The second-order valence-corrected chi connectivity index (χ2v) is 6.43. The molecule has 1 fully saturated rings. The van der Waals surface area contributed by atoms with Crippen LogP contribution in [0.2, 0.25) is 0 Å². The number of hydrogen-bond acceptors (Lipinski definition) is 4. The van der Waals surface area contributed by atoms with E-state index in [0.717, 1.165) is 19.4 Å². The molecule has 120 valence electrons. The number of amides is 2. The van der Waals surface area contributed by atoms with Crippen LogP contribution in [-0.2, 0) is 0 Å². The lowest BCUT2D eigenvalue weighted by Crippen LogP contribution is -2.37. The fourth-order valence-corrected chi connectivity index (χ4v) is 3.24. The van der Waals surface area contributed by atoms with Crippen LogP contribution in [0.3, 0.4) is 0 Å². The van der Waals surface area contributed by atoms with Crippen LogP contribution in [0.15, 0.2) is 41.8 Å². The van der Waals surface area contributed by atoms with Crippen molar-refractivity contribution in [2.24, 2.45) is 0 Å². The van der Waals surface area contributed by atoms with E-state index in [9.17, 15) is 9.59 Å². The minimum absolute atomic E-state index is 0.166. The Hall–Kier alpha value is -2.18. The maximum absolute atomic E-state index is 12.4. The molecule has 2 aromatic rings. The van der Waals surface area contributed by atoms with Gasteiger partial charge in [0.25, 0.3) is 11.8 Å². The van der Waals surface area contributed by atoms with Gasteiger partial charge in [0, 0.05) is 12.6 Å². The van der Waals surface area contributed by atoms with E-state index in [1.165, 1.54) is 11.3 Å². The SMILES string of the molecule is O=C(Nc1ccccc1C(=O)NCC1CCCN1)c1cccs1. The Bertz CT molecular complexity index is 679. The number of anilines is 1. The predicted octanol–water partition coefficient (Wildman–Crippen LogP) is 2.48. The van der Waals surface area contributed by atoms with Crippen LogP contribution in [0.1, 0.15) is 32.9 Å². The van der Waals surface area contributed by atoms with Gasteiger partial charge in [-0.25, -0.2) is 0 Å². The summed E-state index contributed by atoms with van der Waals surface area (Å²) in [5.41, 5.74) is 1.01. The molecule has 1 atom stereocenters. The van der Waals surface area contributed by atoms with Gasteiger partial charge in [0.2, 0.25) is 0 Å². The van der Waals surface area contributed by atoms with Crippen LogP contribution in [0.4, 0.5) is 5.69 Å². The Kier molecular flexibility index (Phi) is 5.05. The molecule has 23 heavy (non-hydrogen) atoms. The molecular formula is C17H19N3O2S. The van der Waals surface area contributed by atoms with Gasteiger partial charge >= 0.3 is 0 Å². The van der Waals surface area contributed by atoms with E-state index >= 15 is 0 Å². The monoisotopic (exact) mass is 329 g/mol. The number of nitrogens with one attached hydrogen (secondary N) is 3. The molecule has 1 aliphatic rings. The predicted molar refractivity (Wildman–Crippen MR) is 92.1 cm³/mol. The van der Waals surface area contributed by atoms with Crippen LogP contribution in [0.25, 0.3) is 0 Å². The number of carbonyl (C=O) groups excluding carboxylic acids is 2. The van der Waals surface area contributed by atoms with E-state index in [-0.39, 0.29) is 11.8 Å². The summed E-state index contributed by atoms with van der Waals surface area (Å²) in [6, 6.07) is 11.0.